The average Bonchev–Trinajstić information content (AvgIpc) is 3.27. The number of allylic oxidation sites excluding steroid dienone is 3. The molecular formula is C24H34N2O2. The number of amides is 2. The molecule has 0 radical (unpaired) electrons. The quantitative estimate of drug-likeness (QED) is 0.692. The smallest absolute Gasteiger partial charge is 0.258 e. The SMILES string of the molecule is O=C1NC(C2CCCCCCCC2)=C2C(=O)NC(/C3=C/CCCCCCC3)=C12. The lowest BCUT2D eigenvalue weighted by atomic mass is 9.90. The second-order valence-corrected chi connectivity index (χ2v) is 8.88. The maximum Gasteiger partial charge on any atom is 0.258 e. The van der Waals surface area contributed by atoms with E-state index in [0.717, 1.165) is 43.5 Å². The van der Waals surface area contributed by atoms with Crippen molar-refractivity contribution in [1.29, 1.82) is 0 Å². The van der Waals surface area contributed by atoms with Crippen molar-refractivity contribution < 1.29 is 9.59 Å². The van der Waals surface area contributed by atoms with Crippen molar-refractivity contribution in [3.8, 4) is 0 Å². The van der Waals surface area contributed by atoms with Gasteiger partial charge in [-0.25, -0.2) is 0 Å². The molecule has 2 heterocycles. The maximum absolute atomic E-state index is 12.9. The van der Waals surface area contributed by atoms with E-state index in [2.05, 4.69) is 16.7 Å². The molecule has 4 heteroatoms. The third-order valence-corrected chi connectivity index (χ3v) is 6.84. The van der Waals surface area contributed by atoms with Crippen LogP contribution in [0, 0.1) is 5.92 Å². The van der Waals surface area contributed by atoms with Gasteiger partial charge in [0.1, 0.15) is 0 Å². The van der Waals surface area contributed by atoms with Gasteiger partial charge in [-0.3, -0.25) is 9.59 Å². The summed E-state index contributed by atoms with van der Waals surface area (Å²) in [4.78, 5) is 25.8. The first kappa shape index (κ1) is 19.5. The van der Waals surface area contributed by atoms with Gasteiger partial charge in [-0.05, 0) is 50.0 Å². The number of hydrogen-bond donors (Lipinski definition) is 2. The van der Waals surface area contributed by atoms with Crippen molar-refractivity contribution in [2.45, 2.75) is 96.3 Å². The van der Waals surface area contributed by atoms with E-state index in [4.69, 9.17) is 0 Å². The summed E-state index contributed by atoms with van der Waals surface area (Å²) in [7, 11) is 0. The van der Waals surface area contributed by atoms with Gasteiger partial charge in [-0.1, -0.05) is 63.9 Å². The van der Waals surface area contributed by atoms with E-state index in [1.807, 2.05) is 0 Å². The van der Waals surface area contributed by atoms with Gasteiger partial charge >= 0.3 is 0 Å². The van der Waals surface area contributed by atoms with Gasteiger partial charge < -0.3 is 10.6 Å². The predicted octanol–water partition coefficient (Wildman–Crippen LogP) is 5.18. The van der Waals surface area contributed by atoms with E-state index in [1.165, 1.54) is 69.8 Å². The topological polar surface area (TPSA) is 58.2 Å². The number of fused-ring (bicyclic) bond motifs is 1. The number of carbonyl (C=O) groups excluding carboxylic acids is 2. The van der Waals surface area contributed by atoms with Gasteiger partial charge in [-0.15, -0.1) is 0 Å². The summed E-state index contributed by atoms with van der Waals surface area (Å²) in [5.41, 5.74) is 4.18. The zero-order valence-electron chi connectivity index (χ0n) is 17.1. The van der Waals surface area contributed by atoms with Gasteiger partial charge in [0.25, 0.3) is 11.8 Å². The highest BCUT2D eigenvalue weighted by molar-refractivity contribution is 6.20. The molecule has 0 bridgehead atoms. The molecule has 1 fully saturated rings. The molecule has 2 amide bonds. The van der Waals surface area contributed by atoms with Gasteiger partial charge in [0, 0.05) is 5.70 Å². The number of rotatable bonds is 2. The third kappa shape index (κ3) is 4.11. The molecule has 0 saturated heterocycles. The summed E-state index contributed by atoms with van der Waals surface area (Å²) in [6.45, 7) is 0. The van der Waals surface area contributed by atoms with Crippen molar-refractivity contribution in [2.24, 2.45) is 5.92 Å². The Kier molecular flexibility index (Phi) is 6.33. The van der Waals surface area contributed by atoms with E-state index >= 15 is 0 Å². The van der Waals surface area contributed by atoms with Crippen LogP contribution in [0.4, 0.5) is 0 Å². The van der Waals surface area contributed by atoms with Crippen molar-refractivity contribution in [1.82, 2.24) is 10.6 Å². The molecule has 0 unspecified atom stereocenters. The highest BCUT2D eigenvalue weighted by atomic mass is 16.2. The summed E-state index contributed by atoms with van der Waals surface area (Å²) in [6.07, 6.45) is 20.1. The van der Waals surface area contributed by atoms with Crippen molar-refractivity contribution in [3.63, 3.8) is 0 Å². The van der Waals surface area contributed by atoms with Crippen LogP contribution in [-0.4, -0.2) is 11.8 Å². The Morgan fingerprint density at radius 2 is 1.29 bits per heavy atom. The fourth-order valence-corrected chi connectivity index (χ4v) is 5.27. The first-order valence-electron chi connectivity index (χ1n) is 11.6. The predicted molar refractivity (Wildman–Crippen MR) is 111 cm³/mol. The standard InChI is InChI=1S/C24H34N2O2/c27-23-19-20(22(26-23)18-15-11-7-3-4-8-12-16-18)24(28)25-21(19)17-13-9-5-1-2-6-10-14-17/h13,18H,1-12,14-16H2,(H,25,28)(H,26,27)/b17-13+. The normalized spacial score (nSPS) is 27.5. The molecule has 0 aromatic carbocycles. The Morgan fingerprint density at radius 1 is 0.679 bits per heavy atom. The van der Waals surface area contributed by atoms with Gasteiger partial charge in [0.05, 0.1) is 16.8 Å². The minimum Gasteiger partial charge on any atom is -0.325 e. The molecule has 2 aliphatic carbocycles. The Labute approximate surface area is 168 Å². The summed E-state index contributed by atoms with van der Waals surface area (Å²) in [6, 6.07) is 0. The highest BCUT2D eigenvalue weighted by Gasteiger charge is 2.42. The molecule has 152 valence electrons. The average molecular weight is 383 g/mol. The van der Waals surface area contributed by atoms with Crippen LogP contribution in [-0.2, 0) is 9.59 Å². The van der Waals surface area contributed by atoms with Crippen LogP contribution in [0.2, 0.25) is 0 Å². The van der Waals surface area contributed by atoms with Crippen molar-refractivity contribution in [2.75, 3.05) is 0 Å². The minimum absolute atomic E-state index is 0.0704. The zero-order valence-corrected chi connectivity index (χ0v) is 17.1. The van der Waals surface area contributed by atoms with Crippen LogP contribution in [0.1, 0.15) is 96.3 Å². The summed E-state index contributed by atoms with van der Waals surface area (Å²) in [5, 5.41) is 6.22. The monoisotopic (exact) mass is 382 g/mol. The molecular weight excluding hydrogens is 348 g/mol. The molecule has 0 atom stereocenters. The van der Waals surface area contributed by atoms with Crippen molar-refractivity contribution in [3.05, 3.63) is 34.2 Å². The van der Waals surface area contributed by atoms with Crippen LogP contribution < -0.4 is 10.6 Å². The van der Waals surface area contributed by atoms with Crippen LogP contribution in [0.15, 0.2) is 34.2 Å². The fraction of sp³-hybridized carbons (Fsp3) is 0.667. The van der Waals surface area contributed by atoms with Crippen LogP contribution in [0.5, 0.6) is 0 Å². The van der Waals surface area contributed by atoms with E-state index < -0.39 is 0 Å². The molecule has 0 aromatic rings. The van der Waals surface area contributed by atoms with Crippen LogP contribution in [0.3, 0.4) is 0 Å². The lowest BCUT2D eigenvalue weighted by Gasteiger charge is -2.18. The molecule has 2 N–H and O–H groups in total. The zero-order chi connectivity index (χ0) is 19.3. The molecule has 1 saturated carbocycles. The number of hydrogen-bond acceptors (Lipinski definition) is 2. The fourth-order valence-electron chi connectivity index (χ4n) is 5.27. The number of nitrogens with one attached hydrogen (secondary N) is 2. The minimum atomic E-state index is -0.0704. The Hall–Kier alpha value is -1.84. The van der Waals surface area contributed by atoms with E-state index in [-0.39, 0.29) is 11.8 Å². The Morgan fingerprint density at radius 3 is 2.04 bits per heavy atom. The summed E-state index contributed by atoms with van der Waals surface area (Å²) in [5.74, 6) is 0.173. The largest absolute Gasteiger partial charge is 0.325 e. The Bertz CT molecular complexity index is 719. The highest BCUT2D eigenvalue weighted by Crippen LogP contribution is 2.39. The lowest BCUT2D eigenvalue weighted by Crippen LogP contribution is -2.26. The second kappa shape index (κ2) is 9.11. The second-order valence-electron chi connectivity index (χ2n) is 8.88. The molecule has 4 nitrogen and oxygen atoms in total. The molecule has 28 heavy (non-hydrogen) atoms. The molecule has 4 aliphatic rings. The third-order valence-electron chi connectivity index (χ3n) is 6.84. The molecule has 0 aromatic heterocycles. The Balaban J connectivity index is 1.65. The first-order chi connectivity index (χ1) is 13.8. The molecule has 4 rings (SSSR count). The van der Waals surface area contributed by atoms with Gasteiger partial charge in [0.2, 0.25) is 0 Å². The summed E-state index contributed by atoms with van der Waals surface area (Å²) < 4.78 is 0. The van der Waals surface area contributed by atoms with E-state index in [0.29, 0.717) is 17.1 Å². The van der Waals surface area contributed by atoms with Crippen LogP contribution in [0.25, 0.3) is 0 Å². The van der Waals surface area contributed by atoms with E-state index in [1.54, 1.807) is 0 Å². The van der Waals surface area contributed by atoms with E-state index in [9.17, 15) is 9.59 Å². The summed E-state index contributed by atoms with van der Waals surface area (Å²) >= 11 is 0. The van der Waals surface area contributed by atoms with Crippen LogP contribution >= 0.6 is 0 Å². The first-order valence-corrected chi connectivity index (χ1v) is 11.6. The maximum atomic E-state index is 12.9. The van der Waals surface area contributed by atoms with Gasteiger partial charge in [0.15, 0.2) is 0 Å². The van der Waals surface area contributed by atoms with Gasteiger partial charge in [-0.2, -0.15) is 0 Å². The molecule has 2 aliphatic heterocycles. The van der Waals surface area contributed by atoms with Crippen molar-refractivity contribution >= 4 is 11.8 Å². The lowest BCUT2D eigenvalue weighted by molar-refractivity contribution is -0.117. The molecule has 0 spiro atoms. The number of carbonyl (C=O) groups is 2.